The number of hydrogen-bond donors (Lipinski definition) is 1. The fourth-order valence-corrected chi connectivity index (χ4v) is 3.77. The zero-order valence-electron chi connectivity index (χ0n) is 11.5. The molecule has 98 valence electrons. The molecule has 1 heterocycles. The lowest BCUT2D eigenvalue weighted by Crippen LogP contribution is -2.45. The van der Waals surface area contributed by atoms with Crippen molar-refractivity contribution in [3.05, 3.63) is 0 Å². The molecule has 1 saturated carbocycles. The molecule has 3 nitrogen and oxygen atoms in total. The maximum Gasteiger partial charge on any atom is 0.157 e. The van der Waals surface area contributed by atoms with Crippen molar-refractivity contribution in [2.75, 3.05) is 26.4 Å². The summed E-state index contributed by atoms with van der Waals surface area (Å²) in [5.41, 5.74) is 0.534. The fraction of sp³-hybridized carbons (Fsp3) is 0.923. The van der Waals surface area contributed by atoms with Crippen LogP contribution in [0.15, 0.2) is 4.99 Å². The van der Waals surface area contributed by atoms with Gasteiger partial charge in [0.05, 0.1) is 6.54 Å². The van der Waals surface area contributed by atoms with Crippen molar-refractivity contribution in [2.24, 2.45) is 4.99 Å². The fourth-order valence-electron chi connectivity index (χ4n) is 2.69. The number of nitrogens with one attached hydrogen (secondary N) is 1. The molecule has 0 amide bonds. The van der Waals surface area contributed by atoms with Crippen LogP contribution >= 0.6 is 11.8 Å². The van der Waals surface area contributed by atoms with E-state index in [-0.39, 0.29) is 5.54 Å². The summed E-state index contributed by atoms with van der Waals surface area (Å²) in [4.78, 5) is 7.20. The van der Waals surface area contributed by atoms with E-state index in [4.69, 9.17) is 4.99 Å². The highest BCUT2D eigenvalue weighted by molar-refractivity contribution is 8.14. The summed E-state index contributed by atoms with van der Waals surface area (Å²) < 4.78 is 0. The second-order valence-electron chi connectivity index (χ2n) is 6.24. The monoisotopic (exact) mass is 255 g/mol. The smallest absolute Gasteiger partial charge is 0.157 e. The SMILES string of the molecule is CN(C)C1(CN=C2NC(C)(C)CS2)CCCC1. The van der Waals surface area contributed by atoms with Gasteiger partial charge >= 0.3 is 0 Å². The molecular formula is C13H25N3S. The van der Waals surface area contributed by atoms with Crippen molar-refractivity contribution in [3.8, 4) is 0 Å². The van der Waals surface area contributed by atoms with Crippen LogP contribution < -0.4 is 5.32 Å². The molecule has 2 fully saturated rings. The number of nitrogens with zero attached hydrogens (tertiary/aromatic N) is 2. The van der Waals surface area contributed by atoms with E-state index in [1.807, 2.05) is 11.8 Å². The van der Waals surface area contributed by atoms with Crippen LogP contribution in [0.5, 0.6) is 0 Å². The Balaban J connectivity index is 1.99. The van der Waals surface area contributed by atoms with Crippen LogP contribution in [0.2, 0.25) is 0 Å². The largest absolute Gasteiger partial charge is 0.359 e. The minimum atomic E-state index is 0.213. The van der Waals surface area contributed by atoms with Gasteiger partial charge in [-0.05, 0) is 40.8 Å². The Labute approximate surface area is 109 Å². The first-order chi connectivity index (χ1) is 7.94. The van der Waals surface area contributed by atoms with E-state index in [2.05, 4.69) is 38.2 Å². The minimum Gasteiger partial charge on any atom is -0.359 e. The second-order valence-corrected chi connectivity index (χ2v) is 7.21. The van der Waals surface area contributed by atoms with Crippen LogP contribution in [0, 0.1) is 0 Å². The standard InChI is InChI=1S/C13H25N3S/c1-12(2)10-17-11(15-12)14-9-13(16(3)4)7-5-6-8-13/h5-10H2,1-4H3,(H,14,15). The van der Waals surface area contributed by atoms with E-state index in [1.165, 1.54) is 25.7 Å². The Morgan fingerprint density at radius 1 is 1.29 bits per heavy atom. The number of likely N-dealkylation sites (N-methyl/N-ethyl adjacent to an activating group) is 1. The summed E-state index contributed by atoms with van der Waals surface area (Å²) in [6.45, 7) is 5.42. The lowest BCUT2D eigenvalue weighted by Gasteiger charge is -2.35. The van der Waals surface area contributed by atoms with Crippen molar-refractivity contribution in [2.45, 2.75) is 50.6 Å². The van der Waals surface area contributed by atoms with E-state index < -0.39 is 0 Å². The van der Waals surface area contributed by atoms with Gasteiger partial charge in [0, 0.05) is 16.8 Å². The molecule has 0 bridgehead atoms. The van der Waals surface area contributed by atoms with Crippen molar-refractivity contribution in [1.29, 1.82) is 0 Å². The van der Waals surface area contributed by atoms with E-state index in [1.54, 1.807) is 0 Å². The van der Waals surface area contributed by atoms with Crippen LogP contribution in [0.1, 0.15) is 39.5 Å². The normalized spacial score (nSPS) is 28.9. The van der Waals surface area contributed by atoms with E-state index in [9.17, 15) is 0 Å². The third-order valence-corrected chi connectivity index (χ3v) is 5.39. The van der Waals surface area contributed by atoms with Crippen LogP contribution in [0.25, 0.3) is 0 Å². The van der Waals surface area contributed by atoms with Gasteiger partial charge in [0.2, 0.25) is 0 Å². The third kappa shape index (κ3) is 2.97. The van der Waals surface area contributed by atoms with Crippen molar-refractivity contribution in [1.82, 2.24) is 10.2 Å². The average molecular weight is 255 g/mol. The molecule has 0 aromatic carbocycles. The molecule has 0 radical (unpaired) electrons. The molecule has 0 aromatic heterocycles. The van der Waals surface area contributed by atoms with E-state index in [0.717, 1.165) is 17.5 Å². The number of rotatable bonds is 3. The highest BCUT2D eigenvalue weighted by Crippen LogP contribution is 2.34. The molecule has 1 saturated heterocycles. The summed E-state index contributed by atoms with van der Waals surface area (Å²) in [7, 11) is 4.40. The van der Waals surface area contributed by atoms with Crippen LogP contribution in [0.3, 0.4) is 0 Å². The van der Waals surface area contributed by atoms with Gasteiger partial charge in [-0.2, -0.15) is 0 Å². The molecule has 0 spiro atoms. The molecule has 1 aliphatic carbocycles. The Bertz CT molecular complexity index is 304. The molecule has 1 aliphatic heterocycles. The molecule has 2 aliphatic rings. The van der Waals surface area contributed by atoms with Gasteiger partial charge < -0.3 is 10.2 Å². The summed E-state index contributed by atoms with van der Waals surface area (Å²) in [5, 5.41) is 4.65. The number of hydrogen-bond acceptors (Lipinski definition) is 3. The van der Waals surface area contributed by atoms with Crippen LogP contribution in [-0.4, -0.2) is 47.5 Å². The van der Waals surface area contributed by atoms with Crippen molar-refractivity contribution >= 4 is 16.9 Å². The number of aliphatic imine (C=N–C) groups is 1. The first-order valence-corrected chi connectivity index (χ1v) is 7.55. The molecule has 0 aromatic rings. The lowest BCUT2D eigenvalue weighted by atomic mass is 9.96. The second kappa shape index (κ2) is 4.81. The average Bonchev–Trinajstić information content (AvgIpc) is 2.82. The molecule has 0 unspecified atom stereocenters. The Kier molecular flexibility index (Phi) is 3.74. The maximum atomic E-state index is 4.82. The summed E-state index contributed by atoms with van der Waals surface area (Å²) in [6, 6.07) is 0. The van der Waals surface area contributed by atoms with Crippen molar-refractivity contribution < 1.29 is 0 Å². The predicted octanol–water partition coefficient (Wildman–Crippen LogP) is 2.33. The van der Waals surface area contributed by atoms with Crippen molar-refractivity contribution in [3.63, 3.8) is 0 Å². The zero-order valence-corrected chi connectivity index (χ0v) is 12.4. The van der Waals surface area contributed by atoms with Gasteiger partial charge in [0.1, 0.15) is 0 Å². The topological polar surface area (TPSA) is 27.6 Å². The van der Waals surface area contributed by atoms with Gasteiger partial charge in [-0.3, -0.25) is 4.99 Å². The molecule has 0 atom stereocenters. The van der Waals surface area contributed by atoms with Gasteiger partial charge in [-0.25, -0.2) is 0 Å². The maximum absolute atomic E-state index is 4.82. The molecule has 2 rings (SSSR count). The highest BCUT2D eigenvalue weighted by Gasteiger charge is 2.36. The van der Waals surface area contributed by atoms with Gasteiger partial charge in [-0.1, -0.05) is 24.6 Å². The van der Waals surface area contributed by atoms with Gasteiger partial charge in [0.15, 0.2) is 5.17 Å². The first-order valence-electron chi connectivity index (χ1n) is 6.56. The summed E-state index contributed by atoms with van der Waals surface area (Å²) >= 11 is 1.86. The predicted molar refractivity (Wildman–Crippen MR) is 76.9 cm³/mol. The molecule has 4 heteroatoms. The number of thioether (sulfide) groups is 1. The Morgan fingerprint density at radius 3 is 2.41 bits per heavy atom. The molecule has 17 heavy (non-hydrogen) atoms. The molecular weight excluding hydrogens is 230 g/mol. The lowest BCUT2D eigenvalue weighted by molar-refractivity contribution is 0.167. The summed E-state index contributed by atoms with van der Waals surface area (Å²) in [5.74, 6) is 1.13. The van der Waals surface area contributed by atoms with Gasteiger partial charge in [0.25, 0.3) is 0 Å². The van der Waals surface area contributed by atoms with Crippen LogP contribution in [-0.2, 0) is 0 Å². The molecule has 1 N–H and O–H groups in total. The van der Waals surface area contributed by atoms with E-state index in [0.29, 0.717) is 5.54 Å². The first kappa shape index (κ1) is 13.2. The third-order valence-electron chi connectivity index (χ3n) is 4.01. The zero-order chi connectivity index (χ0) is 12.5. The van der Waals surface area contributed by atoms with E-state index >= 15 is 0 Å². The highest BCUT2D eigenvalue weighted by atomic mass is 32.2. The Morgan fingerprint density at radius 2 is 1.94 bits per heavy atom. The van der Waals surface area contributed by atoms with Crippen LogP contribution in [0.4, 0.5) is 0 Å². The summed E-state index contributed by atoms with van der Waals surface area (Å²) in [6.07, 6.45) is 5.31. The quantitative estimate of drug-likeness (QED) is 0.839. The van der Waals surface area contributed by atoms with Gasteiger partial charge in [-0.15, -0.1) is 0 Å². The Hall–Kier alpha value is -0.220. The number of amidine groups is 1. The minimum absolute atomic E-state index is 0.213.